The maximum atomic E-state index is 5.20. The lowest BCUT2D eigenvalue weighted by atomic mass is 9.98. The van der Waals surface area contributed by atoms with Crippen LogP contribution >= 0.6 is 24.0 Å². The highest BCUT2D eigenvalue weighted by Crippen LogP contribution is 2.21. The lowest BCUT2D eigenvalue weighted by Crippen LogP contribution is -2.39. The molecule has 1 rings (SSSR count). The van der Waals surface area contributed by atoms with Crippen molar-refractivity contribution < 1.29 is 4.74 Å². The second kappa shape index (κ2) is 13.3. The van der Waals surface area contributed by atoms with Crippen LogP contribution in [-0.4, -0.2) is 58.7 Å². The van der Waals surface area contributed by atoms with Crippen LogP contribution in [0.3, 0.4) is 0 Å². The molecule has 0 spiro atoms. The number of hydrogen-bond acceptors (Lipinski definition) is 3. The van der Waals surface area contributed by atoms with E-state index in [0.29, 0.717) is 5.92 Å². The van der Waals surface area contributed by atoms with Crippen molar-refractivity contribution in [1.82, 2.24) is 15.5 Å². The largest absolute Gasteiger partial charge is 0.497 e. The summed E-state index contributed by atoms with van der Waals surface area (Å²) in [5.41, 5.74) is 1.33. The van der Waals surface area contributed by atoms with E-state index in [9.17, 15) is 0 Å². The molecule has 0 saturated heterocycles. The van der Waals surface area contributed by atoms with Crippen LogP contribution in [0.25, 0.3) is 0 Å². The number of aliphatic imine (C=N–C) groups is 1. The van der Waals surface area contributed by atoms with E-state index < -0.39 is 0 Å². The van der Waals surface area contributed by atoms with E-state index in [1.165, 1.54) is 5.56 Å². The molecule has 0 bridgehead atoms. The second-order valence-electron chi connectivity index (χ2n) is 6.05. The topological polar surface area (TPSA) is 48.9 Å². The lowest BCUT2D eigenvalue weighted by molar-refractivity contribution is 0.399. The summed E-state index contributed by atoms with van der Waals surface area (Å²) in [7, 11) is 7.69. The van der Waals surface area contributed by atoms with Crippen LogP contribution in [0.1, 0.15) is 31.2 Å². The molecule has 138 valence electrons. The predicted octanol–water partition coefficient (Wildman–Crippen LogP) is 2.92. The van der Waals surface area contributed by atoms with Gasteiger partial charge in [-0.3, -0.25) is 4.99 Å². The van der Waals surface area contributed by atoms with E-state index in [4.69, 9.17) is 4.74 Å². The molecule has 0 aliphatic carbocycles. The van der Waals surface area contributed by atoms with Gasteiger partial charge in [0.25, 0.3) is 0 Å². The Kier molecular flexibility index (Phi) is 12.7. The fourth-order valence-corrected chi connectivity index (χ4v) is 2.33. The zero-order valence-electron chi connectivity index (χ0n) is 15.6. The molecule has 24 heavy (non-hydrogen) atoms. The average Bonchev–Trinajstić information content (AvgIpc) is 2.56. The molecular formula is C18H33IN4O. The number of halogens is 1. The summed E-state index contributed by atoms with van der Waals surface area (Å²) in [5, 5.41) is 6.73. The van der Waals surface area contributed by atoms with Gasteiger partial charge in [0.05, 0.1) is 7.11 Å². The molecule has 1 unspecified atom stereocenters. The van der Waals surface area contributed by atoms with Crippen molar-refractivity contribution in [3.63, 3.8) is 0 Å². The molecule has 0 amide bonds. The minimum atomic E-state index is 0. The van der Waals surface area contributed by atoms with Crippen LogP contribution in [0.4, 0.5) is 0 Å². The number of guanidine groups is 1. The summed E-state index contributed by atoms with van der Waals surface area (Å²) in [4.78, 5) is 6.45. The SMILES string of the molecule is CN=C(NCCCN(C)C)NCCC(C)c1ccc(OC)cc1.I. The average molecular weight is 448 g/mol. The van der Waals surface area contributed by atoms with E-state index in [-0.39, 0.29) is 24.0 Å². The summed E-state index contributed by atoms with van der Waals surface area (Å²) in [5.74, 6) is 2.28. The lowest BCUT2D eigenvalue weighted by Gasteiger charge is -2.16. The van der Waals surface area contributed by atoms with E-state index in [0.717, 1.165) is 44.2 Å². The molecule has 1 aromatic carbocycles. The molecule has 0 saturated carbocycles. The van der Waals surface area contributed by atoms with E-state index in [1.807, 2.05) is 19.2 Å². The van der Waals surface area contributed by atoms with Gasteiger partial charge in [-0.05, 0) is 57.1 Å². The van der Waals surface area contributed by atoms with E-state index in [1.54, 1.807) is 7.11 Å². The molecule has 0 aliphatic rings. The van der Waals surface area contributed by atoms with Crippen molar-refractivity contribution in [3.8, 4) is 5.75 Å². The Morgan fingerprint density at radius 3 is 2.33 bits per heavy atom. The molecule has 0 aromatic heterocycles. The smallest absolute Gasteiger partial charge is 0.190 e. The fourth-order valence-electron chi connectivity index (χ4n) is 2.33. The number of nitrogens with zero attached hydrogens (tertiary/aromatic N) is 2. The number of ether oxygens (including phenoxy) is 1. The van der Waals surface area contributed by atoms with Crippen LogP contribution < -0.4 is 15.4 Å². The number of rotatable bonds is 9. The minimum Gasteiger partial charge on any atom is -0.497 e. The van der Waals surface area contributed by atoms with Crippen molar-refractivity contribution >= 4 is 29.9 Å². The Morgan fingerprint density at radius 1 is 1.17 bits per heavy atom. The molecule has 1 aromatic rings. The monoisotopic (exact) mass is 448 g/mol. The van der Waals surface area contributed by atoms with Gasteiger partial charge in [-0.1, -0.05) is 19.1 Å². The van der Waals surface area contributed by atoms with Crippen molar-refractivity contribution in [2.75, 3.05) is 47.9 Å². The van der Waals surface area contributed by atoms with Crippen LogP contribution in [0.2, 0.25) is 0 Å². The summed E-state index contributed by atoms with van der Waals surface area (Å²) in [6, 6.07) is 8.31. The Balaban J connectivity index is 0.00000529. The van der Waals surface area contributed by atoms with Crippen LogP contribution in [-0.2, 0) is 0 Å². The van der Waals surface area contributed by atoms with Gasteiger partial charge in [0, 0.05) is 20.1 Å². The van der Waals surface area contributed by atoms with Gasteiger partial charge in [-0.25, -0.2) is 0 Å². The minimum absolute atomic E-state index is 0. The van der Waals surface area contributed by atoms with Gasteiger partial charge in [-0.2, -0.15) is 0 Å². The van der Waals surface area contributed by atoms with Crippen molar-refractivity contribution in [2.24, 2.45) is 4.99 Å². The zero-order chi connectivity index (χ0) is 17.1. The van der Waals surface area contributed by atoms with E-state index in [2.05, 4.69) is 53.7 Å². The van der Waals surface area contributed by atoms with Gasteiger partial charge in [0.1, 0.15) is 5.75 Å². The second-order valence-corrected chi connectivity index (χ2v) is 6.05. The van der Waals surface area contributed by atoms with Crippen LogP contribution in [0.5, 0.6) is 5.75 Å². The maximum absolute atomic E-state index is 5.20. The van der Waals surface area contributed by atoms with Gasteiger partial charge in [-0.15, -0.1) is 24.0 Å². The van der Waals surface area contributed by atoms with Gasteiger partial charge in [0.2, 0.25) is 0 Å². The van der Waals surface area contributed by atoms with E-state index >= 15 is 0 Å². The third-order valence-corrected chi connectivity index (χ3v) is 3.85. The molecule has 0 radical (unpaired) electrons. The molecular weight excluding hydrogens is 415 g/mol. The highest BCUT2D eigenvalue weighted by Gasteiger charge is 2.06. The molecule has 0 heterocycles. The Hall–Kier alpha value is -1.02. The number of methoxy groups -OCH3 is 1. The molecule has 0 fully saturated rings. The van der Waals surface area contributed by atoms with Crippen molar-refractivity contribution in [3.05, 3.63) is 29.8 Å². The number of benzene rings is 1. The quantitative estimate of drug-likeness (QED) is 0.264. The van der Waals surface area contributed by atoms with Gasteiger partial charge in [0.15, 0.2) is 5.96 Å². The number of nitrogens with one attached hydrogen (secondary N) is 2. The predicted molar refractivity (Wildman–Crippen MR) is 114 cm³/mol. The van der Waals surface area contributed by atoms with Crippen molar-refractivity contribution in [1.29, 1.82) is 0 Å². The summed E-state index contributed by atoms with van der Waals surface area (Å²) in [6.07, 6.45) is 2.17. The first kappa shape index (κ1) is 23.0. The van der Waals surface area contributed by atoms with Crippen LogP contribution in [0.15, 0.2) is 29.3 Å². The Bertz CT molecular complexity index is 463. The number of hydrogen-bond donors (Lipinski definition) is 2. The Morgan fingerprint density at radius 2 is 1.79 bits per heavy atom. The first-order valence-corrected chi connectivity index (χ1v) is 8.30. The fraction of sp³-hybridized carbons (Fsp3) is 0.611. The molecule has 2 N–H and O–H groups in total. The Labute approximate surface area is 164 Å². The molecule has 5 nitrogen and oxygen atoms in total. The molecule has 0 aliphatic heterocycles. The van der Waals surface area contributed by atoms with Crippen molar-refractivity contribution in [2.45, 2.75) is 25.7 Å². The van der Waals surface area contributed by atoms with Gasteiger partial charge >= 0.3 is 0 Å². The van der Waals surface area contributed by atoms with Gasteiger partial charge < -0.3 is 20.3 Å². The molecule has 6 heteroatoms. The standard InChI is InChI=1S/C18H32N4O.HI/c1-15(16-7-9-17(23-5)10-8-16)11-13-21-18(19-2)20-12-6-14-22(3)4;/h7-10,15H,6,11-14H2,1-5H3,(H2,19,20,21);1H. The summed E-state index contributed by atoms with van der Waals surface area (Å²) in [6.45, 7) is 5.17. The molecule has 1 atom stereocenters. The summed E-state index contributed by atoms with van der Waals surface area (Å²) >= 11 is 0. The first-order valence-electron chi connectivity index (χ1n) is 8.30. The highest BCUT2D eigenvalue weighted by atomic mass is 127. The highest BCUT2D eigenvalue weighted by molar-refractivity contribution is 14.0. The summed E-state index contributed by atoms with van der Waals surface area (Å²) < 4.78 is 5.20. The maximum Gasteiger partial charge on any atom is 0.190 e. The zero-order valence-corrected chi connectivity index (χ0v) is 18.0. The third kappa shape index (κ3) is 9.32. The van der Waals surface area contributed by atoms with Crippen LogP contribution in [0, 0.1) is 0 Å². The third-order valence-electron chi connectivity index (χ3n) is 3.85. The first-order chi connectivity index (χ1) is 11.1. The normalized spacial score (nSPS) is 12.5.